The molecule has 0 heterocycles. The van der Waals surface area contributed by atoms with Crippen molar-refractivity contribution >= 4 is 21.9 Å². The highest BCUT2D eigenvalue weighted by Crippen LogP contribution is 2.23. The highest BCUT2D eigenvalue weighted by Gasteiger charge is 2.30. The summed E-state index contributed by atoms with van der Waals surface area (Å²) in [6.45, 7) is 3.19. The molecule has 0 saturated carbocycles. The van der Waals surface area contributed by atoms with Crippen LogP contribution in [0.3, 0.4) is 0 Å². The molecule has 1 unspecified atom stereocenters. The lowest BCUT2D eigenvalue weighted by Crippen LogP contribution is -2.37. The maximum absolute atomic E-state index is 10.8. The number of rotatable bonds is 3. The van der Waals surface area contributed by atoms with Crippen LogP contribution in [0.4, 0.5) is 0 Å². The van der Waals surface area contributed by atoms with Crippen LogP contribution in [0.15, 0.2) is 22.7 Å². The Kier molecular flexibility index (Phi) is 3.52. The van der Waals surface area contributed by atoms with E-state index < -0.39 is 11.6 Å². The van der Waals surface area contributed by atoms with Crippen LogP contribution in [0.5, 0.6) is 0 Å². The average molecular weight is 273 g/mol. The van der Waals surface area contributed by atoms with E-state index in [0.29, 0.717) is 0 Å². The fourth-order valence-electron chi connectivity index (χ4n) is 1.29. The Morgan fingerprint density at radius 3 is 2.67 bits per heavy atom. The molecule has 15 heavy (non-hydrogen) atoms. The van der Waals surface area contributed by atoms with Crippen LogP contribution < -0.4 is 0 Å². The molecule has 3 nitrogen and oxygen atoms in total. The SMILES string of the molecule is Cc1c(Br)cccc1CC(C)(O)C(=O)O. The van der Waals surface area contributed by atoms with E-state index in [1.54, 1.807) is 0 Å². The van der Waals surface area contributed by atoms with Gasteiger partial charge in [0.1, 0.15) is 0 Å². The maximum atomic E-state index is 10.8. The quantitative estimate of drug-likeness (QED) is 0.887. The molecule has 0 saturated heterocycles. The predicted octanol–water partition coefficient (Wildman–Crippen LogP) is 2.14. The third-order valence-corrected chi connectivity index (χ3v) is 3.23. The average Bonchev–Trinajstić information content (AvgIpc) is 2.12. The summed E-state index contributed by atoms with van der Waals surface area (Å²) < 4.78 is 0.918. The van der Waals surface area contributed by atoms with Gasteiger partial charge in [-0.3, -0.25) is 0 Å². The number of benzene rings is 1. The largest absolute Gasteiger partial charge is 0.479 e. The molecule has 4 heteroatoms. The van der Waals surface area contributed by atoms with Crippen molar-refractivity contribution in [2.45, 2.75) is 25.9 Å². The highest BCUT2D eigenvalue weighted by atomic mass is 79.9. The normalized spacial score (nSPS) is 14.7. The van der Waals surface area contributed by atoms with Gasteiger partial charge < -0.3 is 10.2 Å². The number of aliphatic hydroxyl groups is 1. The molecule has 0 bridgehead atoms. The molecule has 82 valence electrons. The molecule has 1 rings (SSSR count). The summed E-state index contributed by atoms with van der Waals surface area (Å²) in [5.74, 6) is -1.21. The number of hydrogen-bond donors (Lipinski definition) is 2. The van der Waals surface area contributed by atoms with Crippen molar-refractivity contribution in [1.82, 2.24) is 0 Å². The molecule has 1 aromatic carbocycles. The Labute approximate surface area is 96.9 Å². The number of halogens is 1. The lowest BCUT2D eigenvalue weighted by atomic mass is 9.94. The van der Waals surface area contributed by atoms with E-state index in [1.807, 2.05) is 25.1 Å². The van der Waals surface area contributed by atoms with E-state index >= 15 is 0 Å². The van der Waals surface area contributed by atoms with Crippen LogP contribution in [-0.4, -0.2) is 21.8 Å². The summed E-state index contributed by atoms with van der Waals surface area (Å²) in [6, 6.07) is 5.52. The van der Waals surface area contributed by atoms with Gasteiger partial charge in [0.05, 0.1) is 0 Å². The molecule has 2 N–H and O–H groups in total. The number of carboxylic acids is 1. The molecule has 0 aliphatic rings. The van der Waals surface area contributed by atoms with Crippen LogP contribution in [0.1, 0.15) is 18.1 Å². The standard InChI is InChI=1S/C11H13BrO3/c1-7-8(4-3-5-9(7)12)6-11(2,15)10(13)14/h3-5,15H,6H2,1-2H3,(H,13,14). The van der Waals surface area contributed by atoms with Crippen molar-refractivity contribution in [3.05, 3.63) is 33.8 Å². The lowest BCUT2D eigenvalue weighted by Gasteiger charge is -2.19. The van der Waals surface area contributed by atoms with Crippen LogP contribution in [-0.2, 0) is 11.2 Å². The minimum atomic E-state index is -1.72. The van der Waals surface area contributed by atoms with Crippen LogP contribution >= 0.6 is 15.9 Å². The fraction of sp³-hybridized carbons (Fsp3) is 0.364. The summed E-state index contributed by atoms with van der Waals surface area (Å²) >= 11 is 3.36. The zero-order valence-electron chi connectivity index (χ0n) is 8.62. The first-order chi connectivity index (χ1) is 6.84. The fourth-order valence-corrected chi connectivity index (χ4v) is 1.70. The van der Waals surface area contributed by atoms with Gasteiger partial charge >= 0.3 is 5.97 Å². The summed E-state index contributed by atoms with van der Waals surface area (Å²) in [5, 5.41) is 18.4. The molecule has 0 aliphatic carbocycles. The van der Waals surface area contributed by atoms with Crippen LogP contribution in [0.25, 0.3) is 0 Å². The van der Waals surface area contributed by atoms with Crippen LogP contribution in [0.2, 0.25) is 0 Å². The van der Waals surface area contributed by atoms with Gasteiger partial charge in [-0.15, -0.1) is 0 Å². The molecule has 1 atom stereocenters. The number of carbonyl (C=O) groups is 1. The van der Waals surface area contributed by atoms with Gasteiger partial charge in [0, 0.05) is 10.9 Å². The highest BCUT2D eigenvalue weighted by molar-refractivity contribution is 9.10. The van der Waals surface area contributed by atoms with E-state index in [2.05, 4.69) is 15.9 Å². The molecule has 1 aromatic rings. The van der Waals surface area contributed by atoms with Gasteiger partial charge in [-0.05, 0) is 31.0 Å². The Bertz CT molecular complexity index is 385. The first kappa shape index (κ1) is 12.2. The molecular weight excluding hydrogens is 260 g/mol. The number of hydrogen-bond acceptors (Lipinski definition) is 2. The lowest BCUT2D eigenvalue weighted by molar-refractivity contribution is -0.156. The van der Waals surface area contributed by atoms with Crippen molar-refractivity contribution < 1.29 is 15.0 Å². The predicted molar refractivity (Wildman–Crippen MR) is 60.8 cm³/mol. The molecule has 0 spiro atoms. The third kappa shape index (κ3) is 2.79. The second-order valence-electron chi connectivity index (χ2n) is 3.78. The van der Waals surface area contributed by atoms with Crippen molar-refractivity contribution in [3.8, 4) is 0 Å². The molecule has 0 fully saturated rings. The van der Waals surface area contributed by atoms with Gasteiger partial charge in [0.2, 0.25) is 0 Å². The zero-order valence-corrected chi connectivity index (χ0v) is 10.2. The van der Waals surface area contributed by atoms with Crippen LogP contribution in [0, 0.1) is 6.92 Å². The molecule has 0 amide bonds. The Morgan fingerprint density at radius 2 is 2.13 bits per heavy atom. The minimum Gasteiger partial charge on any atom is -0.479 e. The molecule has 0 aromatic heterocycles. The number of carboxylic acid groups (broad SMARTS) is 1. The van der Waals surface area contributed by atoms with Gasteiger partial charge in [-0.1, -0.05) is 28.1 Å². The number of aliphatic carboxylic acids is 1. The molecule has 0 aliphatic heterocycles. The van der Waals surface area contributed by atoms with E-state index in [1.165, 1.54) is 6.92 Å². The van der Waals surface area contributed by atoms with E-state index in [0.717, 1.165) is 15.6 Å². The Balaban J connectivity index is 3.00. The summed E-state index contributed by atoms with van der Waals surface area (Å²) in [6.07, 6.45) is 0.105. The van der Waals surface area contributed by atoms with Gasteiger partial charge in [0.15, 0.2) is 5.60 Å². The molecule has 0 radical (unpaired) electrons. The van der Waals surface area contributed by atoms with Gasteiger partial charge in [-0.2, -0.15) is 0 Å². The third-order valence-electron chi connectivity index (χ3n) is 2.38. The van der Waals surface area contributed by atoms with Crippen molar-refractivity contribution in [1.29, 1.82) is 0 Å². The second-order valence-corrected chi connectivity index (χ2v) is 4.63. The molecular formula is C11H13BrO3. The van der Waals surface area contributed by atoms with Gasteiger partial charge in [-0.25, -0.2) is 4.79 Å². The first-order valence-electron chi connectivity index (χ1n) is 4.54. The maximum Gasteiger partial charge on any atom is 0.335 e. The van der Waals surface area contributed by atoms with Crippen molar-refractivity contribution in [2.24, 2.45) is 0 Å². The minimum absolute atomic E-state index is 0.105. The topological polar surface area (TPSA) is 57.5 Å². The first-order valence-corrected chi connectivity index (χ1v) is 5.33. The Morgan fingerprint density at radius 1 is 1.53 bits per heavy atom. The van der Waals surface area contributed by atoms with E-state index in [-0.39, 0.29) is 6.42 Å². The summed E-state index contributed by atoms with van der Waals surface area (Å²) in [4.78, 5) is 10.8. The van der Waals surface area contributed by atoms with E-state index in [4.69, 9.17) is 5.11 Å². The van der Waals surface area contributed by atoms with Gasteiger partial charge in [0.25, 0.3) is 0 Å². The smallest absolute Gasteiger partial charge is 0.335 e. The zero-order chi connectivity index (χ0) is 11.6. The Hall–Kier alpha value is -0.870. The second kappa shape index (κ2) is 4.33. The summed E-state index contributed by atoms with van der Waals surface area (Å²) in [5.41, 5.74) is 0.0711. The van der Waals surface area contributed by atoms with Crippen molar-refractivity contribution in [3.63, 3.8) is 0 Å². The summed E-state index contributed by atoms with van der Waals surface area (Å²) in [7, 11) is 0. The van der Waals surface area contributed by atoms with E-state index in [9.17, 15) is 9.90 Å². The monoisotopic (exact) mass is 272 g/mol. The van der Waals surface area contributed by atoms with Crippen molar-refractivity contribution in [2.75, 3.05) is 0 Å².